The fourth-order valence-corrected chi connectivity index (χ4v) is 3.06. The molecule has 0 bridgehead atoms. The van der Waals surface area contributed by atoms with Crippen molar-refractivity contribution in [3.63, 3.8) is 0 Å². The third-order valence-electron chi connectivity index (χ3n) is 3.75. The SMILES string of the molecule is Nc1nc2c(c(Nc3ccc(Br)cc3)n1)-c1ccccc1C2. The van der Waals surface area contributed by atoms with Crippen molar-refractivity contribution in [1.29, 1.82) is 0 Å². The predicted molar refractivity (Wildman–Crippen MR) is 92.1 cm³/mol. The Balaban J connectivity index is 1.83. The predicted octanol–water partition coefficient (Wildman–Crippen LogP) is 4.14. The summed E-state index contributed by atoms with van der Waals surface area (Å²) in [7, 11) is 0. The van der Waals surface area contributed by atoms with Gasteiger partial charge in [0.1, 0.15) is 5.82 Å². The van der Waals surface area contributed by atoms with Crippen molar-refractivity contribution >= 4 is 33.4 Å². The Morgan fingerprint density at radius 1 is 1.00 bits per heavy atom. The van der Waals surface area contributed by atoms with E-state index in [1.165, 1.54) is 11.1 Å². The number of rotatable bonds is 2. The van der Waals surface area contributed by atoms with Crippen LogP contribution in [0.1, 0.15) is 11.3 Å². The topological polar surface area (TPSA) is 63.8 Å². The maximum absolute atomic E-state index is 5.87. The van der Waals surface area contributed by atoms with Gasteiger partial charge in [0, 0.05) is 22.1 Å². The van der Waals surface area contributed by atoms with Crippen LogP contribution < -0.4 is 11.1 Å². The molecule has 1 aliphatic rings. The molecule has 0 atom stereocenters. The van der Waals surface area contributed by atoms with Crippen LogP contribution in [-0.2, 0) is 6.42 Å². The van der Waals surface area contributed by atoms with Gasteiger partial charge in [-0.2, -0.15) is 4.98 Å². The van der Waals surface area contributed by atoms with Crippen molar-refractivity contribution in [2.75, 3.05) is 11.1 Å². The van der Waals surface area contributed by atoms with Crippen LogP contribution >= 0.6 is 15.9 Å². The lowest BCUT2D eigenvalue weighted by Gasteiger charge is -2.11. The Morgan fingerprint density at radius 2 is 1.77 bits per heavy atom. The van der Waals surface area contributed by atoms with E-state index in [9.17, 15) is 0 Å². The minimum Gasteiger partial charge on any atom is -0.368 e. The summed E-state index contributed by atoms with van der Waals surface area (Å²) < 4.78 is 1.04. The summed E-state index contributed by atoms with van der Waals surface area (Å²) in [4.78, 5) is 8.81. The fourth-order valence-electron chi connectivity index (χ4n) is 2.80. The molecule has 0 aliphatic heterocycles. The lowest BCUT2D eigenvalue weighted by Crippen LogP contribution is -2.04. The van der Waals surface area contributed by atoms with Gasteiger partial charge in [0.2, 0.25) is 5.95 Å². The number of nitrogen functional groups attached to an aromatic ring is 1. The van der Waals surface area contributed by atoms with Crippen LogP contribution in [0.3, 0.4) is 0 Å². The highest BCUT2D eigenvalue weighted by atomic mass is 79.9. The number of nitrogens with one attached hydrogen (secondary N) is 1. The first-order valence-corrected chi connectivity index (χ1v) is 7.77. The van der Waals surface area contributed by atoms with Gasteiger partial charge in [0.25, 0.3) is 0 Å². The van der Waals surface area contributed by atoms with E-state index in [0.29, 0.717) is 5.95 Å². The smallest absolute Gasteiger partial charge is 0.222 e. The summed E-state index contributed by atoms with van der Waals surface area (Å²) in [5, 5.41) is 3.36. The highest BCUT2D eigenvalue weighted by Crippen LogP contribution is 2.40. The monoisotopic (exact) mass is 352 g/mol. The van der Waals surface area contributed by atoms with Crippen molar-refractivity contribution in [3.05, 3.63) is 64.3 Å². The number of hydrogen-bond donors (Lipinski definition) is 2. The maximum Gasteiger partial charge on any atom is 0.222 e. The quantitative estimate of drug-likeness (QED) is 0.569. The van der Waals surface area contributed by atoms with Gasteiger partial charge in [-0.1, -0.05) is 40.2 Å². The van der Waals surface area contributed by atoms with E-state index in [1.807, 2.05) is 36.4 Å². The third-order valence-corrected chi connectivity index (χ3v) is 4.28. The van der Waals surface area contributed by atoms with Gasteiger partial charge in [-0.15, -0.1) is 0 Å². The molecule has 2 aromatic carbocycles. The van der Waals surface area contributed by atoms with Gasteiger partial charge in [0.15, 0.2) is 0 Å². The molecule has 0 fully saturated rings. The Kier molecular flexibility index (Phi) is 3.08. The van der Waals surface area contributed by atoms with Gasteiger partial charge in [-0.25, -0.2) is 4.98 Å². The molecule has 0 spiro atoms. The Bertz CT molecular complexity index is 859. The van der Waals surface area contributed by atoms with Gasteiger partial charge in [-0.3, -0.25) is 0 Å². The van der Waals surface area contributed by atoms with Crippen LogP contribution in [-0.4, -0.2) is 9.97 Å². The summed E-state index contributed by atoms with van der Waals surface area (Å²) in [6.45, 7) is 0. The van der Waals surface area contributed by atoms with Crippen molar-refractivity contribution in [3.8, 4) is 11.1 Å². The van der Waals surface area contributed by atoms with Crippen LogP contribution in [0.4, 0.5) is 17.5 Å². The third kappa shape index (κ3) is 2.23. The van der Waals surface area contributed by atoms with E-state index in [-0.39, 0.29) is 0 Å². The molecule has 4 rings (SSSR count). The lowest BCUT2D eigenvalue weighted by molar-refractivity contribution is 1.08. The summed E-state index contributed by atoms with van der Waals surface area (Å²) in [5.41, 5.74) is 11.3. The van der Waals surface area contributed by atoms with Crippen LogP contribution in [0.5, 0.6) is 0 Å². The zero-order valence-electron chi connectivity index (χ0n) is 11.7. The molecule has 0 unspecified atom stereocenters. The number of hydrogen-bond acceptors (Lipinski definition) is 4. The van der Waals surface area contributed by atoms with E-state index in [1.54, 1.807) is 0 Å². The zero-order valence-corrected chi connectivity index (χ0v) is 13.3. The molecule has 0 saturated carbocycles. The summed E-state index contributed by atoms with van der Waals surface area (Å²) in [6.07, 6.45) is 0.799. The Labute approximate surface area is 136 Å². The molecular weight excluding hydrogens is 340 g/mol. The molecule has 5 heteroatoms. The Morgan fingerprint density at radius 3 is 2.59 bits per heavy atom. The summed E-state index contributed by atoms with van der Waals surface area (Å²) in [6, 6.07) is 16.3. The molecule has 3 aromatic rings. The molecule has 1 aromatic heterocycles. The van der Waals surface area contributed by atoms with Gasteiger partial charge < -0.3 is 11.1 Å². The zero-order chi connectivity index (χ0) is 15.1. The minimum absolute atomic E-state index is 0.297. The highest BCUT2D eigenvalue weighted by Gasteiger charge is 2.24. The van der Waals surface area contributed by atoms with E-state index >= 15 is 0 Å². The molecular formula is C17H13BrN4. The molecule has 0 amide bonds. The number of aromatic nitrogens is 2. The normalized spacial score (nSPS) is 11.9. The molecule has 108 valence electrons. The molecule has 4 nitrogen and oxygen atoms in total. The second-order valence-electron chi connectivity index (χ2n) is 5.22. The number of fused-ring (bicyclic) bond motifs is 3. The number of nitrogens with two attached hydrogens (primary N) is 1. The van der Waals surface area contributed by atoms with Crippen molar-refractivity contribution in [2.45, 2.75) is 6.42 Å². The second kappa shape index (κ2) is 5.10. The van der Waals surface area contributed by atoms with E-state index in [2.05, 4.69) is 43.3 Å². The van der Waals surface area contributed by atoms with Crippen LogP contribution in [0.2, 0.25) is 0 Å². The first-order chi connectivity index (χ1) is 10.7. The van der Waals surface area contributed by atoms with Crippen LogP contribution in [0, 0.1) is 0 Å². The Hall–Kier alpha value is -2.40. The van der Waals surface area contributed by atoms with E-state index in [0.717, 1.165) is 33.7 Å². The van der Waals surface area contributed by atoms with E-state index in [4.69, 9.17) is 5.73 Å². The van der Waals surface area contributed by atoms with E-state index < -0.39 is 0 Å². The molecule has 0 radical (unpaired) electrons. The minimum atomic E-state index is 0.297. The van der Waals surface area contributed by atoms with Crippen LogP contribution in [0.25, 0.3) is 11.1 Å². The van der Waals surface area contributed by atoms with Gasteiger partial charge >= 0.3 is 0 Å². The van der Waals surface area contributed by atoms with Crippen LogP contribution in [0.15, 0.2) is 53.0 Å². The molecule has 3 N–H and O–H groups in total. The van der Waals surface area contributed by atoms with Crippen molar-refractivity contribution in [2.24, 2.45) is 0 Å². The first-order valence-electron chi connectivity index (χ1n) is 6.98. The first kappa shape index (κ1) is 13.3. The average Bonchev–Trinajstić information content (AvgIpc) is 2.87. The molecule has 1 aliphatic carbocycles. The highest BCUT2D eigenvalue weighted by molar-refractivity contribution is 9.10. The van der Waals surface area contributed by atoms with Crippen molar-refractivity contribution in [1.82, 2.24) is 9.97 Å². The average molecular weight is 353 g/mol. The van der Waals surface area contributed by atoms with Crippen molar-refractivity contribution < 1.29 is 0 Å². The number of nitrogens with zero attached hydrogens (tertiary/aromatic N) is 2. The largest absolute Gasteiger partial charge is 0.368 e. The summed E-state index contributed by atoms with van der Waals surface area (Å²) in [5.74, 6) is 1.06. The standard InChI is InChI=1S/C17H13BrN4/c18-11-5-7-12(8-6-11)20-16-15-13-4-2-1-3-10(13)9-14(15)21-17(19)22-16/h1-8H,9H2,(H3,19,20,21,22). The lowest BCUT2D eigenvalue weighted by atomic mass is 10.1. The number of halogens is 1. The second-order valence-corrected chi connectivity index (χ2v) is 6.13. The molecule has 1 heterocycles. The molecule has 22 heavy (non-hydrogen) atoms. The maximum atomic E-state index is 5.87. The number of anilines is 3. The summed E-state index contributed by atoms with van der Waals surface area (Å²) >= 11 is 3.44. The fraction of sp³-hybridized carbons (Fsp3) is 0.0588. The van der Waals surface area contributed by atoms with Gasteiger partial charge in [-0.05, 0) is 35.4 Å². The number of benzene rings is 2. The van der Waals surface area contributed by atoms with Gasteiger partial charge in [0.05, 0.1) is 5.69 Å². The molecule has 0 saturated heterocycles.